The lowest BCUT2D eigenvalue weighted by atomic mass is 9.82. The van der Waals surface area contributed by atoms with E-state index in [0.29, 0.717) is 6.54 Å². The Hall–Kier alpha value is -1.88. The van der Waals surface area contributed by atoms with Crippen LogP contribution in [-0.2, 0) is 5.41 Å². The van der Waals surface area contributed by atoms with E-state index in [1.54, 1.807) is 12.1 Å². The van der Waals surface area contributed by atoms with Gasteiger partial charge in [-0.05, 0) is 48.4 Å². The molecule has 2 N–H and O–H groups in total. The van der Waals surface area contributed by atoms with Gasteiger partial charge in [-0.2, -0.15) is 0 Å². The fourth-order valence-corrected chi connectivity index (χ4v) is 3.62. The van der Waals surface area contributed by atoms with Crippen LogP contribution in [0.25, 0.3) is 0 Å². The first-order valence-corrected chi connectivity index (χ1v) is 8.75. The van der Waals surface area contributed by atoms with Gasteiger partial charge in [0.1, 0.15) is 0 Å². The van der Waals surface area contributed by atoms with E-state index < -0.39 is 12.1 Å². The average molecular weight is 360 g/mol. The van der Waals surface area contributed by atoms with Gasteiger partial charge in [-0.25, -0.2) is 4.79 Å². The van der Waals surface area contributed by atoms with Crippen molar-refractivity contribution in [1.29, 1.82) is 0 Å². The van der Waals surface area contributed by atoms with Crippen molar-refractivity contribution in [2.24, 2.45) is 0 Å². The molecule has 1 aliphatic heterocycles. The summed E-state index contributed by atoms with van der Waals surface area (Å²) in [6, 6.07) is 14.4. The highest BCUT2D eigenvalue weighted by atomic mass is 35.5. The zero-order valence-electron chi connectivity index (χ0n) is 14.2. The number of benzene rings is 2. The zero-order chi connectivity index (χ0) is 18.0. The summed E-state index contributed by atoms with van der Waals surface area (Å²) in [7, 11) is 0. The first kappa shape index (κ1) is 17.9. The summed E-state index contributed by atoms with van der Waals surface area (Å²) >= 11 is 5.98. The summed E-state index contributed by atoms with van der Waals surface area (Å²) < 4.78 is 0. The van der Waals surface area contributed by atoms with Crippen LogP contribution >= 0.6 is 11.6 Å². The smallest absolute Gasteiger partial charge is 0.335 e. The fourth-order valence-electron chi connectivity index (χ4n) is 3.50. The highest BCUT2D eigenvalue weighted by Gasteiger charge is 2.35. The van der Waals surface area contributed by atoms with Crippen LogP contribution in [0.15, 0.2) is 48.5 Å². The first-order valence-electron chi connectivity index (χ1n) is 8.37. The van der Waals surface area contributed by atoms with E-state index in [2.05, 4.69) is 24.0 Å². The number of carbonyl (C=O) groups is 1. The van der Waals surface area contributed by atoms with Crippen LogP contribution in [0.3, 0.4) is 0 Å². The number of nitrogens with zero attached hydrogens (tertiary/aromatic N) is 1. The number of β-amino-alcohol motifs (C(OH)–C–C–N with tert-alkyl or cyclic N) is 1. The van der Waals surface area contributed by atoms with Crippen LogP contribution in [0.5, 0.6) is 0 Å². The number of aromatic carboxylic acids is 1. The van der Waals surface area contributed by atoms with Crippen LogP contribution in [-0.4, -0.2) is 40.7 Å². The van der Waals surface area contributed by atoms with E-state index in [4.69, 9.17) is 16.7 Å². The van der Waals surface area contributed by atoms with E-state index in [1.165, 1.54) is 17.7 Å². The molecule has 0 aliphatic carbocycles. The molecular formula is C20H22ClNO3. The Labute approximate surface area is 152 Å². The second-order valence-electron chi connectivity index (χ2n) is 7.00. The van der Waals surface area contributed by atoms with Crippen molar-refractivity contribution >= 4 is 17.6 Å². The summed E-state index contributed by atoms with van der Waals surface area (Å²) in [5, 5.41) is 20.2. The number of halogens is 1. The molecule has 5 heteroatoms. The second-order valence-corrected chi connectivity index (χ2v) is 7.43. The molecule has 1 fully saturated rings. The third-order valence-electron chi connectivity index (χ3n) is 5.07. The van der Waals surface area contributed by atoms with Crippen molar-refractivity contribution in [2.75, 3.05) is 19.6 Å². The van der Waals surface area contributed by atoms with E-state index in [-0.39, 0.29) is 11.0 Å². The highest BCUT2D eigenvalue weighted by Crippen LogP contribution is 2.35. The van der Waals surface area contributed by atoms with Gasteiger partial charge in [-0.15, -0.1) is 0 Å². The van der Waals surface area contributed by atoms with Gasteiger partial charge in [0, 0.05) is 23.5 Å². The maximum Gasteiger partial charge on any atom is 0.335 e. The minimum absolute atomic E-state index is 0.0530. The molecule has 2 aromatic carbocycles. The van der Waals surface area contributed by atoms with Crippen LogP contribution in [0.1, 0.15) is 40.9 Å². The maximum absolute atomic E-state index is 10.9. The number of carboxylic acid groups (broad SMARTS) is 1. The molecule has 0 bridgehead atoms. The van der Waals surface area contributed by atoms with E-state index in [0.717, 1.165) is 30.1 Å². The predicted molar refractivity (Wildman–Crippen MR) is 98.2 cm³/mol. The number of hydrogen-bond acceptors (Lipinski definition) is 3. The van der Waals surface area contributed by atoms with Gasteiger partial charge in [0.2, 0.25) is 0 Å². The quantitative estimate of drug-likeness (QED) is 0.853. The number of hydrogen-bond donors (Lipinski definition) is 2. The molecule has 2 aromatic rings. The van der Waals surface area contributed by atoms with Gasteiger partial charge in [-0.3, -0.25) is 4.90 Å². The van der Waals surface area contributed by atoms with E-state index in [1.807, 2.05) is 12.1 Å². The van der Waals surface area contributed by atoms with Crippen LogP contribution in [0.4, 0.5) is 0 Å². The lowest BCUT2D eigenvalue weighted by Gasteiger charge is -2.26. The molecule has 2 unspecified atom stereocenters. The molecule has 0 radical (unpaired) electrons. The Morgan fingerprint density at radius 2 is 1.84 bits per heavy atom. The highest BCUT2D eigenvalue weighted by molar-refractivity contribution is 6.30. The SMILES string of the molecule is CC1(c2ccc(Cl)cc2)CCN(CC(O)c2ccc(C(=O)O)cc2)C1. The van der Waals surface area contributed by atoms with E-state index in [9.17, 15) is 9.90 Å². The summed E-state index contributed by atoms with van der Waals surface area (Å²) in [5.74, 6) is -0.959. The Morgan fingerprint density at radius 3 is 2.44 bits per heavy atom. The van der Waals surface area contributed by atoms with Crippen molar-refractivity contribution in [3.63, 3.8) is 0 Å². The number of aliphatic hydroxyl groups is 1. The molecule has 4 nitrogen and oxygen atoms in total. The number of aliphatic hydroxyl groups excluding tert-OH is 1. The third-order valence-corrected chi connectivity index (χ3v) is 5.32. The summed E-state index contributed by atoms with van der Waals surface area (Å²) in [5.41, 5.74) is 2.29. The van der Waals surface area contributed by atoms with Crippen LogP contribution in [0, 0.1) is 0 Å². The normalized spacial score (nSPS) is 22.0. The van der Waals surface area contributed by atoms with Crippen molar-refractivity contribution < 1.29 is 15.0 Å². The minimum Gasteiger partial charge on any atom is -0.478 e. The summed E-state index contributed by atoms with van der Waals surface area (Å²) in [6.45, 7) is 4.57. The maximum atomic E-state index is 10.9. The molecule has 25 heavy (non-hydrogen) atoms. The number of carboxylic acids is 1. The first-order chi connectivity index (χ1) is 11.9. The Bertz CT molecular complexity index is 745. The molecule has 3 rings (SSSR count). The Kier molecular flexibility index (Phi) is 5.13. The van der Waals surface area contributed by atoms with Crippen LogP contribution < -0.4 is 0 Å². The molecule has 0 aromatic heterocycles. The van der Waals surface area contributed by atoms with Crippen molar-refractivity contribution in [3.8, 4) is 0 Å². The minimum atomic E-state index is -0.959. The molecule has 1 aliphatic rings. The monoisotopic (exact) mass is 359 g/mol. The number of rotatable bonds is 5. The van der Waals surface area contributed by atoms with Gasteiger partial charge in [0.15, 0.2) is 0 Å². The molecule has 132 valence electrons. The molecule has 2 atom stereocenters. The lowest BCUT2D eigenvalue weighted by Crippen LogP contribution is -2.31. The second kappa shape index (κ2) is 7.16. The third kappa shape index (κ3) is 4.03. The molecule has 1 heterocycles. The van der Waals surface area contributed by atoms with Gasteiger partial charge >= 0.3 is 5.97 Å². The van der Waals surface area contributed by atoms with Gasteiger partial charge in [0.25, 0.3) is 0 Å². The predicted octanol–water partition coefficient (Wildman–Crippen LogP) is 3.74. The standard InChI is InChI=1S/C20H22ClNO3/c1-20(16-6-8-17(21)9-7-16)10-11-22(13-20)12-18(23)14-2-4-15(5-3-14)19(24)25/h2-9,18,23H,10-13H2,1H3,(H,24,25). The van der Waals surface area contributed by atoms with Gasteiger partial charge < -0.3 is 10.2 Å². The van der Waals surface area contributed by atoms with Crippen molar-refractivity contribution in [3.05, 3.63) is 70.2 Å². The summed E-state index contributed by atoms with van der Waals surface area (Å²) in [4.78, 5) is 13.2. The van der Waals surface area contributed by atoms with Gasteiger partial charge in [-0.1, -0.05) is 42.8 Å². The molecule has 0 spiro atoms. The lowest BCUT2D eigenvalue weighted by molar-refractivity contribution is 0.0696. The zero-order valence-corrected chi connectivity index (χ0v) is 14.9. The van der Waals surface area contributed by atoms with Crippen molar-refractivity contribution in [2.45, 2.75) is 24.9 Å². The number of likely N-dealkylation sites (tertiary alicyclic amines) is 1. The molecule has 0 saturated carbocycles. The topological polar surface area (TPSA) is 60.8 Å². The molecule has 1 saturated heterocycles. The fraction of sp³-hybridized carbons (Fsp3) is 0.350. The van der Waals surface area contributed by atoms with Crippen molar-refractivity contribution in [1.82, 2.24) is 4.90 Å². The average Bonchev–Trinajstić information content (AvgIpc) is 2.97. The van der Waals surface area contributed by atoms with Crippen LogP contribution in [0.2, 0.25) is 5.02 Å². The van der Waals surface area contributed by atoms with E-state index >= 15 is 0 Å². The molecular weight excluding hydrogens is 338 g/mol. The Balaban J connectivity index is 1.64. The largest absolute Gasteiger partial charge is 0.478 e. The summed E-state index contributed by atoms with van der Waals surface area (Å²) in [6.07, 6.45) is 0.398. The van der Waals surface area contributed by atoms with Gasteiger partial charge in [0.05, 0.1) is 11.7 Å². The Morgan fingerprint density at radius 1 is 1.20 bits per heavy atom. The molecule has 0 amide bonds.